The number of carbonyl (C=O) groups is 3. The first-order valence-electron chi connectivity index (χ1n) is 7.62. The molecule has 0 aromatic carbocycles. The van der Waals surface area contributed by atoms with Gasteiger partial charge in [0.15, 0.2) is 6.61 Å². The number of ether oxygens (including phenoxy) is 1. The predicted molar refractivity (Wildman–Crippen MR) is 87.5 cm³/mol. The predicted octanol–water partition coefficient (Wildman–Crippen LogP) is 1.23. The Labute approximate surface area is 139 Å². The number of hydrogen-bond acceptors (Lipinski definition) is 5. The lowest BCUT2D eigenvalue weighted by atomic mass is 9.90. The van der Waals surface area contributed by atoms with Crippen molar-refractivity contribution in [1.82, 2.24) is 10.2 Å². The van der Waals surface area contributed by atoms with E-state index in [9.17, 15) is 14.4 Å². The van der Waals surface area contributed by atoms with Crippen LogP contribution in [0.25, 0.3) is 0 Å². The van der Waals surface area contributed by atoms with Gasteiger partial charge in [-0.15, -0.1) is 11.3 Å². The van der Waals surface area contributed by atoms with Crippen LogP contribution in [0.2, 0.25) is 0 Å². The highest BCUT2D eigenvalue weighted by Crippen LogP contribution is 2.32. The molecular weight excluding hydrogens is 316 g/mol. The molecule has 0 spiro atoms. The van der Waals surface area contributed by atoms with E-state index in [1.165, 1.54) is 26.7 Å². The van der Waals surface area contributed by atoms with Crippen LogP contribution in [0.5, 0.6) is 0 Å². The molecule has 1 aromatic heterocycles. The van der Waals surface area contributed by atoms with E-state index in [0.29, 0.717) is 10.8 Å². The number of fused-ring (bicyclic) bond motifs is 1. The SMILES string of the molecule is C[C@@H]1CCc2sc(C(=O)OCC(=O)NCC(=O)N(C)C)cc2C1. The molecule has 1 aromatic rings. The Bertz CT molecular complexity index is 609. The van der Waals surface area contributed by atoms with Crippen molar-refractivity contribution in [1.29, 1.82) is 0 Å². The number of amides is 2. The van der Waals surface area contributed by atoms with E-state index in [-0.39, 0.29) is 19.1 Å². The summed E-state index contributed by atoms with van der Waals surface area (Å²) < 4.78 is 5.02. The molecule has 1 N–H and O–H groups in total. The van der Waals surface area contributed by atoms with E-state index in [0.717, 1.165) is 19.3 Å². The minimum absolute atomic E-state index is 0.103. The monoisotopic (exact) mass is 338 g/mol. The van der Waals surface area contributed by atoms with Gasteiger partial charge in [0.2, 0.25) is 5.91 Å². The molecule has 7 heteroatoms. The first kappa shape index (κ1) is 17.5. The van der Waals surface area contributed by atoms with Crippen molar-refractivity contribution < 1.29 is 19.1 Å². The van der Waals surface area contributed by atoms with Crippen LogP contribution in [0.3, 0.4) is 0 Å². The Morgan fingerprint density at radius 3 is 2.83 bits per heavy atom. The number of nitrogens with one attached hydrogen (secondary N) is 1. The van der Waals surface area contributed by atoms with Crippen molar-refractivity contribution in [2.45, 2.75) is 26.2 Å². The van der Waals surface area contributed by atoms with Crippen LogP contribution < -0.4 is 5.32 Å². The Kier molecular flexibility index (Phi) is 5.76. The van der Waals surface area contributed by atoms with Crippen molar-refractivity contribution in [3.63, 3.8) is 0 Å². The van der Waals surface area contributed by atoms with Crippen molar-refractivity contribution in [3.8, 4) is 0 Å². The second kappa shape index (κ2) is 7.59. The summed E-state index contributed by atoms with van der Waals surface area (Å²) in [4.78, 5) is 38.1. The minimum atomic E-state index is -0.483. The molecule has 0 fully saturated rings. The van der Waals surface area contributed by atoms with Crippen molar-refractivity contribution in [2.24, 2.45) is 5.92 Å². The number of nitrogens with zero attached hydrogens (tertiary/aromatic N) is 1. The lowest BCUT2D eigenvalue weighted by molar-refractivity contribution is -0.131. The van der Waals surface area contributed by atoms with Crippen LogP contribution in [0.15, 0.2) is 6.07 Å². The number of esters is 1. The highest BCUT2D eigenvalue weighted by atomic mass is 32.1. The fourth-order valence-electron chi connectivity index (χ4n) is 2.39. The second-order valence-corrected chi connectivity index (χ2v) is 7.18. The van der Waals surface area contributed by atoms with Gasteiger partial charge >= 0.3 is 5.97 Å². The quantitative estimate of drug-likeness (QED) is 0.820. The summed E-state index contributed by atoms with van der Waals surface area (Å²) in [5, 5.41) is 2.42. The molecule has 23 heavy (non-hydrogen) atoms. The zero-order valence-electron chi connectivity index (χ0n) is 13.7. The largest absolute Gasteiger partial charge is 0.451 e. The molecule has 0 radical (unpaired) electrons. The number of hydrogen-bond donors (Lipinski definition) is 1. The molecule has 0 saturated carbocycles. The average Bonchev–Trinajstić information content (AvgIpc) is 2.93. The van der Waals surface area contributed by atoms with Gasteiger partial charge in [-0.1, -0.05) is 6.92 Å². The summed E-state index contributed by atoms with van der Waals surface area (Å²) in [6.07, 6.45) is 3.14. The van der Waals surface area contributed by atoms with E-state index < -0.39 is 11.9 Å². The van der Waals surface area contributed by atoms with Crippen LogP contribution in [0.1, 0.15) is 33.5 Å². The maximum Gasteiger partial charge on any atom is 0.348 e. The van der Waals surface area contributed by atoms with Gasteiger partial charge in [0.25, 0.3) is 5.91 Å². The summed E-state index contributed by atoms with van der Waals surface area (Å²) in [6, 6.07) is 1.88. The highest BCUT2D eigenvalue weighted by molar-refractivity contribution is 7.14. The van der Waals surface area contributed by atoms with Gasteiger partial charge in [-0.25, -0.2) is 4.79 Å². The van der Waals surface area contributed by atoms with E-state index in [4.69, 9.17) is 4.74 Å². The Hall–Kier alpha value is -1.89. The first-order chi connectivity index (χ1) is 10.9. The molecule has 0 unspecified atom stereocenters. The molecular formula is C16H22N2O4S. The maximum atomic E-state index is 12.0. The van der Waals surface area contributed by atoms with Crippen LogP contribution >= 0.6 is 11.3 Å². The number of likely N-dealkylation sites (N-methyl/N-ethyl adjacent to an activating group) is 1. The van der Waals surface area contributed by atoms with Gasteiger partial charge in [-0.2, -0.15) is 0 Å². The third-order valence-corrected chi connectivity index (χ3v) is 5.02. The Morgan fingerprint density at radius 1 is 1.39 bits per heavy atom. The van der Waals surface area contributed by atoms with Crippen LogP contribution in [-0.4, -0.2) is 49.9 Å². The topological polar surface area (TPSA) is 75.7 Å². The molecule has 1 heterocycles. The van der Waals surface area contributed by atoms with E-state index in [2.05, 4.69) is 12.2 Å². The summed E-state index contributed by atoms with van der Waals surface area (Å²) >= 11 is 1.45. The number of thiophene rings is 1. The molecule has 2 amide bonds. The van der Waals surface area contributed by atoms with Gasteiger partial charge in [-0.05, 0) is 36.8 Å². The second-order valence-electron chi connectivity index (χ2n) is 6.05. The van der Waals surface area contributed by atoms with Crippen molar-refractivity contribution in [2.75, 3.05) is 27.2 Å². The van der Waals surface area contributed by atoms with Crippen molar-refractivity contribution >= 4 is 29.1 Å². The van der Waals surface area contributed by atoms with E-state index >= 15 is 0 Å². The number of aryl methyl sites for hydroxylation is 1. The lowest BCUT2D eigenvalue weighted by Crippen LogP contribution is -2.38. The smallest absolute Gasteiger partial charge is 0.348 e. The standard InChI is InChI=1S/C16H22N2O4S/c1-10-4-5-12-11(6-10)7-13(23-12)16(21)22-9-14(19)17-8-15(20)18(2)3/h7,10H,4-6,8-9H2,1-3H3,(H,17,19)/t10-/m1/s1. The summed E-state index contributed by atoms with van der Waals surface area (Å²) in [5.74, 6) is -0.541. The molecule has 2 rings (SSSR count). The normalized spacial score (nSPS) is 16.4. The molecule has 6 nitrogen and oxygen atoms in total. The molecule has 0 bridgehead atoms. The average molecular weight is 338 g/mol. The Balaban J connectivity index is 1.81. The van der Waals surface area contributed by atoms with Crippen molar-refractivity contribution in [3.05, 3.63) is 21.4 Å². The Morgan fingerprint density at radius 2 is 2.13 bits per heavy atom. The van der Waals surface area contributed by atoms with Crippen LogP contribution in [-0.2, 0) is 27.2 Å². The molecule has 0 saturated heterocycles. The zero-order valence-corrected chi connectivity index (χ0v) is 14.5. The molecule has 1 aliphatic carbocycles. The van der Waals surface area contributed by atoms with E-state index in [1.807, 2.05) is 6.07 Å². The third kappa shape index (κ3) is 4.79. The van der Waals surface area contributed by atoms with Crippen LogP contribution in [0.4, 0.5) is 0 Å². The molecule has 126 valence electrons. The fraction of sp³-hybridized carbons (Fsp3) is 0.562. The summed E-state index contributed by atoms with van der Waals surface area (Å²) in [6.45, 7) is 1.73. The lowest BCUT2D eigenvalue weighted by Gasteiger charge is -2.16. The van der Waals surface area contributed by atoms with Gasteiger partial charge < -0.3 is 15.0 Å². The van der Waals surface area contributed by atoms with Crippen LogP contribution in [0, 0.1) is 5.92 Å². The number of carbonyl (C=O) groups excluding carboxylic acids is 3. The van der Waals surface area contributed by atoms with E-state index in [1.54, 1.807) is 14.1 Å². The molecule has 1 aliphatic rings. The first-order valence-corrected chi connectivity index (χ1v) is 8.44. The number of rotatable bonds is 5. The minimum Gasteiger partial charge on any atom is -0.451 e. The van der Waals surface area contributed by atoms with Gasteiger partial charge in [0.1, 0.15) is 4.88 Å². The molecule has 1 atom stereocenters. The summed E-state index contributed by atoms with van der Waals surface area (Å²) in [7, 11) is 3.21. The van der Waals surface area contributed by atoms with Gasteiger partial charge in [0, 0.05) is 19.0 Å². The van der Waals surface area contributed by atoms with Gasteiger partial charge in [0.05, 0.1) is 6.54 Å². The molecule has 0 aliphatic heterocycles. The maximum absolute atomic E-state index is 12.0. The fourth-order valence-corrected chi connectivity index (χ4v) is 3.49. The van der Waals surface area contributed by atoms with Gasteiger partial charge in [-0.3, -0.25) is 9.59 Å². The zero-order chi connectivity index (χ0) is 17.0. The third-order valence-electron chi connectivity index (χ3n) is 3.80. The highest BCUT2D eigenvalue weighted by Gasteiger charge is 2.21. The summed E-state index contributed by atoms with van der Waals surface area (Å²) in [5.41, 5.74) is 1.22.